The number of nitrogens with zero attached hydrogens (tertiary/aromatic N) is 1. The van der Waals surface area contributed by atoms with Gasteiger partial charge in [-0.2, -0.15) is 13.2 Å². The molecular weight excluding hydrogens is 459 g/mol. The van der Waals surface area contributed by atoms with E-state index < -0.39 is 12.3 Å². The molecule has 3 atom stereocenters. The summed E-state index contributed by atoms with van der Waals surface area (Å²) in [5, 5.41) is 0. The number of benzene rings is 3. The second-order valence-electron chi connectivity index (χ2n) is 8.53. The first kappa shape index (κ1) is 22.7. The van der Waals surface area contributed by atoms with Gasteiger partial charge in [-0.25, -0.2) is 4.98 Å². The predicted octanol–water partition coefficient (Wildman–Crippen LogP) is 7.52. The summed E-state index contributed by atoms with van der Waals surface area (Å²) in [6.45, 7) is 1.01. The second kappa shape index (κ2) is 8.91. The minimum Gasteiger partial charge on any atom is -0.481 e. The van der Waals surface area contributed by atoms with E-state index >= 15 is 0 Å². The van der Waals surface area contributed by atoms with Gasteiger partial charge in [-0.1, -0.05) is 48.3 Å². The van der Waals surface area contributed by atoms with E-state index in [1.807, 2.05) is 36.6 Å². The van der Waals surface area contributed by atoms with Crippen molar-refractivity contribution in [3.63, 3.8) is 0 Å². The third-order valence-corrected chi connectivity index (χ3v) is 6.60. The van der Waals surface area contributed by atoms with Gasteiger partial charge >= 0.3 is 6.18 Å². The van der Waals surface area contributed by atoms with Crippen LogP contribution in [0.2, 0.25) is 0 Å². The van der Waals surface area contributed by atoms with Crippen LogP contribution < -0.4 is 9.46 Å². The van der Waals surface area contributed by atoms with E-state index in [1.165, 1.54) is 0 Å². The molecule has 1 aliphatic carbocycles. The third-order valence-electron chi connectivity index (χ3n) is 6.17. The number of imidazole rings is 1. The maximum Gasteiger partial charge on any atom is 0.425 e. The molecule has 3 unspecified atom stereocenters. The zero-order chi connectivity index (χ0) is 23.9. The number of para-hydroxylation sites is 1. The lowest BCUT2D eigenvalue weighted by Gasteiger charge is -2.17. The lowest BCUT2D eigenvalue weighted by atomic mass is 10.0. The number of fused-ring (bicyclic) bond motifs is 1. The Bertz CT molecular complexity index is 1300. The van der Waals surface area contributed by atoms with Crippen LogP contribution in [-0.2, 0) is 0 Å². The van der Waals surface area contributed by atoms with Crippen molar-refractivity contribution in [2.45, 2.75) is 37.5 Å². The van der Waals surface area contributed by atoms with E-state index in [0.717, 1.165) is 52.6 Å². The molecule has 1 aromatic heterocycles. The van der Waals surface area contributed by atoms with Crippen LogP contribution in [0.25, 0.3) is 22.2 Å². The highest BCUT2D eigenvalue weighted by Gasteiger charge is 2.42. The van der Waals surface area contributed by atoms with Crippen LogP contribution in [0.15, 0.2) is 66.7 Å². The zero-order valence-electron chi connectivity index (χ0n) is 18.7. The normalized spacial score (nSPS) is 18.6. The molecule has 8 heteroatoms. The molecule has 3 aromatic carbocycles. The first-order chi connectivity index (χ1) is 16.3. The molecule has 5 rings (SSSR count). The number of hydrogen-bond acceptors (Lipinski definition) is 4. The fourth-order valence-electron chi connectivity index (χ4n) is 4.24. The number of H-pyrrole nitrogens is 1. The van der Waals surface area contributed by atoms with Gasteiger partial charge in [0.25, 0.3) is 0 Å². The van der Waals surface area contributed by atoms with Gasteiger partial charge in [-0.05, 0) is 60.7 Å². The number of anilines is 1. The maximum atomic E-state index is 12.7. The summed E-state index contributed by atoms with van der Waals surface area (Å²) in [6.07, 6.45) is -3.27. The fraction of sp³-hybridized carbons (Fsp3) is 0.269. The third kappa shape index (κ3) is 4.59. The van der Waals surface area contributed by atoms with Crippen LogP contribution in [0, 0.1) is 0 Å². The van der Waals surface area contributed by atoms with Crippen molar-refractivity contribution in [3.05, 3.63) is 78.1 Å². The van der Waals surface area contributed by atoms with Crippen molar-refractivity contribution in [2.75, 3.05) is 11.0 Å². The standard InChI is InChI=1S/C26H24F3N3OS/c1-15(26(27,28)29)33-18-10-7-16(8-11-18)20-14-21(20)25-30-23-12-9-17(13-24(23)31-25)19-5-3-4-6-22(19)32-34-2/h3-13,15,20-21,32H,14H2,1-2H3,(H,30,31). The van der Waals surface area contributed by atoms with Crippen molar-refractivity contribution in [2.24, 2.45) is 0 Å². The fourth-order valence-corrected chi connectivity index (χ4v) is 4.63. The highest BCUT2D eigenvalue weighted by molar-refractivity contribution is 7.99. The molecule has 0 bridgehead atoms. The van der Waals surface area contributed by atoms with Gasteiger partial charge in [0.15, 0.2) is 6.10 Å². The number of nitrogens with one attached hydrogen (secondary N) is 2. The van der Waals surface area contributed by atoms with E-state index in [9.17, 15) is 13.2 Å². The smallest absolute Gasteiger partial charge is 0.425 e. The van der Waals surface area contributed by atoms with Crippen molar-refractivity contribution in [3.8, 4) is 16.9 Å². The Kier molecular flexibility index (Phi) is 5.93. The molecule has 0 amide bonds. The van der Waals surface area contributed by atoms with E-state index in [4.69, 9.17) is 9.72 Å². The Labute approximate surface area is 200 Å². The van der Waals surface area contributed by atoms with Gasteiger partial charge in [0.2, 0.25) is 0 Å². The van der Waals surface area contributed by atoms with Gasteiger partial charge in [-0.15, -0.1) is 0 Å². The molecule has 0 radical (unpaired) electrons. The van der Waals surface area contributed by atoms with E-state index in [1.54, 1.807) is 24.1 Å². The second-order valence-corrected chi connectivity index (χ2v) is 9.14. The Hall–Kier alpha value is -3.13. The predicted molar refractivity (Wildman–Crippen MR) is 131 cm³/mol. The molecule has 1 aliphatic rings. The first-order valence-corrected chi connectivity index (χ1v) is 12.3. The summed E-state index contributed by atoms with van der Waals surface area (Å²) in [5.41, 5.74) is 6.28. The zero-order valence-corrected chi connectivity index (χ0v) is 19.5. The SMILES string of the molecule is CSNc1ccccc1-c1ccc2nc(C3CC3c3ccc(OC(C)C(F)(F)F)cc3)[nH]c2c1. The number of hydrogen-bond donors (Lipinski definition) is 2. The highest BCUT2D eigenvalue weighted by atomic mass is 32.2. The summed E-state index contributed by atoms with van der Waals surface area (Å²) >= 11 is 1.56. The minimum atomic E-state index is -4.38. The van der Waals surface area contributed by atoms with Crippen LogP contribution in [0.5, 0.6) is 5.75 Å². The molecular formula is C26H24F3N3OS. The van der Waals surface area contributed by atoms with E-state index in [2.05, 4.69) is 34.0 Å². The summed E-state index contributed by atoms with van der Waals surface area (Å²) in [6, 6.07) is 21.3. The van der Waals surface area contributed by atoms with Crippen LogP contribution in [-0.4, -0.2) is 28.5 Å². The lowest BCUT2D eigenvalue weighted by Crippen LogP contribution is -2.31. The molecule has 0 aliphatic heterocycles. The number of halogens is 3. The van der Waals surface area contributed by atoms with Crippen molar-refractivity contribution < 1.29 is 17.9 Å². The molecule has 1 saturated carbocycles. The topological polar surface area (TPSA) is 49.9 Å². The number of alkyl halides is 3. The quantitative estimate of drug-likeness (QED) is 0.267. The molecule has 34 heavy (non-hydrogen) atoms. The Morgan fingerprint density at radius 2 is 1.82 bits per heavy atom. The van der Waals surface area contributed by atoms with Gasteiger partial charge in [-0.3, -0.25) is 0 Å². The average molecular weight is 484 g/mol. The molecule has 0 spiro atoms. The number of ether oxygens (including phenoxy) is 1. The summed E-state index contributed by atoms with van der Waals surface area (Å²) in [7, 11) is 0. The molecule has 4 aromatic rings. The summed E-state index contributed by atoms with van der Waals surface area (Å²) in [5.74, 6) is 1.72. The van der Waals surface area contributed by atoms with Crippen LogP contribution in [0.3, 0.4) is 0 Å². The average Bonchev–Trinajstić information content (AvgIpc) is 3.50. The molecule has 2 N–H and O–H groups in total. The number of rotatable bonds is 7. The van der Waals surface area contributed by atoms with E-state index in [-0.39, 0.29) is 11.7 Å². The van der Waals surface area contributed by atoms with Crippen LogP contribution >= 0.6 is 11.9 Å². The molecule has 4 nitrogen and oxygen atoms in total. The largest absolute Gasteiger partial charge is 0.481 e. The van der Waals surface area contributed by atoms with Crippen molar-refractivity contribution in [1.82, 2.24) is 9.97 Å². The van der Waals surface area contributed by atoms with E-state index in [0.29, 0.717) is 5.92 Å². The first-order valence-electron chi connectivity index (χ1n) is 11.0. The lowest BCUT2D eigenvalue weighted by molar-refractivity contribution is -0.189. The van der Waals surface area contributed by atoms with Gasteiger partial charge in [0, 0.05) is 17.7 Å². The minimum absolute atomic E-state index is 0.221. The summed E-state index contributed by atoms with van der Waals surface area (Å²) in [4.78, 5) is 8.29. The van der Waals surface area contributed by atoms with Gasteiger partial charge in [0.05, 0.1) is 16.7 Å². The van der Waals surface area contributed by atoms with Crippen molar-refractivity contribution in [1.29, 1.82) is 0 Å². The molecule has 176 valence electrons. The maximum absolute atomic E-state index is 12.7. The van der Waals surface area contributed by atoms with Crippen molar-refractivity contribution >= 4 is 28.7 Å². The monoisotopic (exact) mass is 483 g/mol. The van der Waals surface area contributed by atoms with Gasteiger partial charge in [0.1, 0.15) is 11.6 Å². The van der Waals surface area contributed by atoms with Crippen LogP contribution in [0.1, 0.15) is 36.6 Å². The Morgan fingerprint density at radius 1 is 1.06 bits per heavy atom. The molecule has 1 fully saturated rings. The molecule has 1 heterocycles. The number of aromatic nitrogens is 2. The Balaban J connectivity index is 1.32. The highest BCUT2D eigenvalue weighted by Crippen LogP contribution is 2.54. The Morgan fingerprint density at radius 3 is 2.56 bits per heavy atom. The van der Waals surface area contributed by atoms with Crippen LogP contribution in [0.4, 0.5) is 18.9 Å². The molecule has 0 saturated heterocycles. The number of aromatic amines is 1. The van der Waals surface area contributed by atoms with Gasteiger partial charge < -0.3 is 14.4 Å². The summed E-state index contributed by atoms with van der Waals surface area (Å²) < 4.78 is 46.5.